The van der Waals surface area contributed by atoms with Crippen LogP contribution in [0.15, 0.2) is 35.5 Å². The molecule has 3 nitrogen and oxygen atoms in total. The molecule has 15 heavy (non-hydrogen) atoms. The van der Waals surface area contributed by atoms with E-state index in [1.165, 1.54) is 6.21 Å². The Kier molecular flexibility index (Phi) is 1.65. The molecule has 3 heteroatoms. The topological polar surface area (TPSA) is 42.3 Å². The van der Waals surface area contributed by atoms with Gasteiger partial charge in [-0.25, -0.2) is 0 Å². The summed E-state index contributed by atoms with van der Waals surface area (Å²) in [4.78, 5) is 19.7. The Morgan fingerprint density at radius 2 is 2.13 bits per heavy atom. The Morgan fingerprint density at radius 1 is 1.20 bits per heavy atom. The molecule has 1 aromatic carbocycles. The van der Waals surface area contributed by atoms with E-state index in [1.807, 2.05) is 24.3 Å². The third-order valence-corrected chi connectivity index (χ3v) is 2.53. The van der Waals surface area contributed by atoms with Gasteiger partial charge in [-0.2, -0.15) is 0 Å². The van der Waals surface area contributed by atoms with Gasteiger partial charge in [0, 0.05) is 18.0 Å². The van der Waals surface area contributed by atoms with E-state index in [1.54, 1.807) is 6.20 Å². The predicted molar refractivity (Wildman–Crippen MR) is 58.6 cm³/mol. The minimum atomic E-state index is 0.0535. The average Bonchev–Trinajstić information content (AvgIpc) is 2.28. The van der Waals surface area contributed by atoms with E-state index in [0.29, 0.717) is 6.42 Å². The number of aromatic nitrogens is 1. The molecular weight excluding hydrogens is 188 g/mol. The number of carbonyl (C=O) groups is 1. The normalized spacial score (nSPS) is 14.3. The van der Waals surface area contributed by atoms with Gasteiger partial charge >= 0.3 is 0 Å². The van der Waals surface area contributed by atoms with E-state index in [9.17, 15) is 4.79 Å². The third-order valence-electron chi connectivity index (χ3n) is 2.53. The van der Waals surface area contributed by atoms with Crippen molar-refractivity contribution in [1.82, 2.24) is 4.98 Å². The van der Waals surface area contributed by atoms with Crippen molar-refractivity contribution in [2.45, 2.75) is 6.42 Å². The largest absolute Gasteiger partial charge is 0.293 e. The second-order valence-electron chi connectivity index (χ2n) is 3.55. The molecule has 2 heterocycles. The fourth-order valence-corrected chi connectivity index (χ4v) is 1.83. The molecule has 0 saturated carbocycles. The zero-order valence-corrected chi connectivity index (χ0v) is 7.97. The van der Waals surface area contributed by atoms with Crippen LogP contribution in [0.5, 0.6) is 0 Å². The molecule has 0 fully saturated rings. The van der Waals surface area contributed by atoms with Crippen molar-refractivity contribution in [3.8, 4) is 0 Å². The predicted octanol–water partition coefficient (Wildman–Crippen LogP) is 2.06. The minimum absolute atomic E-state index is 0.0535. The summed E-state index contributed by atoms with van der Waals surface area (Å²) in [5, 5.41) is 1.06. The number of nitrogens with zero attached hydrogens (tertiary/aromatic N) is 2. The third kappa shape index (κ3) is 1.24. The van der Waals surface area contributed by atoms with Gasteiger partial charge in [-0.05, 0) is 11.6 Å². The lowest BCUT2D eigenvalue weighted by Gasteiger charge is -2.10. The van der Waals surface area contributed by atoms with E-state index < -0.39 is 0 Å². The molecule has 0 aliphatic carbocycles. The number of carbonyl (C=O) groups excluding carboxylic acids is 1. The highest BCUT2D eigenvalue weighted by atomic mass is 16.1. The average molecular weight is 196 g/mol. The Morgan fingerprint density at radius 3 is 3.07 bits per heavy atom. The monoisotopic (exact) mass is 196 g/mol. The molecule has 0 atom stereocenters. The lowest BCUT2D eigenvalue weighted by molar-refractivity contribution is -0.112. The Balaban J connectivity index is 2.37. The summed E-state index contributed by atoms with van der Waals surface area (Å²) in [5.41, 5.74) is 2.68. The van der Waals surface area contributed by atoms with Crippen molar-refractivity contribution in [2.24, 2.45) is 4.99 Å². The number of pyridine rings is 1. The van der Waals surface area contributed by atoms with Crippen molar-refractivity contribution in [3.63, 3.8) is 0 Å². The quantitative estimate of drug-likeness (QED) is 0.647. The molecule has 3 rings (SSSR count). The molecule has 0 amide bonds. The first-order valence-corrected chi connectivity index (χ1v) is 4.78. The number of ketones is 1. The van der Waals surface area contributed by atoms with Crippen LogP contribution in [0.25, 0.3) is 10.9 Å². The second-order valence-corrected chi connectivity index (χ2v) is 3.55. The second kappa shape index (κ2) is 2.98. The van der Waals surface area contributed by atoms with Crippen LogP contribution in [0.3, 0.4) is 0 Å². The van der Waals surface area contributed by atoms with Crippen LogP contribution in [0.2, 0.25) is 0 Å². The lowest BCUT2D eigenvalue weighted by Crippen LogP contribution is -2.08. The number of hydrogen-bond donors (Lipinski definition) is 0. The van der Waals surface area contributed by atoms with Gasteiger partial charge in [-0.3, -0.25) is 14.8 Å². The zero-order chi connectivity index (χ0) is 10.3. The molecule has 0 bridgehead atoms. The first kappa shape index (κ1) is 8.29. The van der Waals surface area contributed by atoms with Crippen LogP contribution in [-0.4, -0.2) is 17.0 Å². The van der Waals surface area contributed by atoms with Gasteiger partial charge < -0.3 is 0 Å². The summed E-state index contributed by atoms with van der Waals surface area (Å²) < 4.78 is 0. The van der Waals surface area contributed by atoms with Crippen LogP contribution >= 0.6 is 0 Å². The summed E-state index contributed by atoms with van der Waals surface area (Å²) in [7, 11) is 0. The van der Waals surface area contributed by atoms with E-state index in [-0.39, 0.29) is 5.78 Å². The van der Waals surface area contributed by atoms with Gasteiger partial charge in [0.15, 0.2) is 5.78 Å². The first-order valence-electron chi connectivity index (χ1n) is 4.78. The van der Waals surface area contributed by atoms with Crippen molar-refractivity contribution < 1.29 is 4.79 Å². The number of hydrogen-bond acceptors (Lipinski definition) is 3. The number of Topliss-reactive ketones (excluding diaryl/α,β-unsaturated/α-hetero) is 1. The highest BCUT2D eigenvalue weighted by Gasteiger charge is 2.14. The number of fused-ring (bicyclic) bond motifs is 3. The molecule has 1 aromatic heterocycles. The summed E-state index contributed by atoms with van der Waals surface area (Å²) in [5.74, 6) is 0.0535. The molecule has 1 aliphatic rings. The van der Waals surface area contributed by atoms with Crippen molar-refractivity contribution in [1.29, 1.82) is 0 Å². The van der Waals surface area contributed by atoms with Crippen LogP contribution in [0.1, 0.15) is 5.56 Å². The van der Waals surface area contributed by atoms with E-state index in [2.05, 4.69) is 9.98 Å². The molecule has 2 aromatic rings. The maximum Gasteiger partial charge on any atom is 0.178 e. The van der Waals surface area contributed by atoms with Crippen molar-refractivity contribution >= 4 is 28.6 Å². The first-order chi connectivity index (χ1) is 7.34. The number of aliphatic imine (C=N–C) groups is 1. The smallest absolute Gasteiger partial charge is 0.178 e. The van der Waals surface area contributed by atoms with E-state index in [4.69, 9.17) is 0 Å². The molecule has 0 N–H and O–H groups in total. The van der Waals surface area contributed by atoms with E-state index >= 15 is 0 Å². The molecule has 0 unspecified atom stereocenters. The van der Waals surface area contributed by atoms with Crippen LogP contribution in [0, 0.1) is 0 Å². The van der Waals surface area contributed by atoms with Crippen LogP contribution in [0.4, 0.5) is 5.69 Å². The summed E-state index contributed by atoms with van der Waals surface area (Å²) in [6.07, 6.45) is 3.57. The van der Waals surface area contributed by atoms with Crippen molar-refractivity contribution in [3.05, 3.63) is 36.0 Å². The highest BCUT2D eigenvalue weighted by Crippen LogP contribution is 2.30. The van der Waals surface area contributed by atoms with Gasteiger partial charge in [0.1, 0.15) is 0 Å². The van der Waals surface area contributed by atoms with Gasteiger partial charge in [0.2, 0.25) is 0 Å². The van der Waals surface area contributed by atoms with Gasteiger partial charge in [-0.15, -0.1) is 0 Å². The maximum atomic E-state index is 11.2. The molecule has 72 valence electrons. The van der Waals surface area contributed by atoms with Gasteiger partial charge in [-0.1, -0.05) is 18.2 Å². The summed E-state index contributed by atoms with van der Waals surface area (Å²) in [6, 6.07) is 7.82. The fourth-order valence-electron chi connectivity index (χ4n) is 1.83. The Hall–Kier alpha value is -2.03. The zero-order valence-electron chi connectivity index (χ0n) is 7.97. The maximum absolute atomic E-state index is 11.2. The van der Waals surface area contributed by atoms with Gasteiger partial charge in [0.05, 0.1) is 17.4 Å². The molecule has 0 radical (unpaired) electrons. The Bertz CT molecular complexity index is 587. The SMILES string of the molecule is O=C1C=Nc2c(ccc3cccnc23)C1. The lowest BCUT2D eigenvalue weighted by atomic mass is 10.0. The summed E-state index contributed by atoms with van der Waals surface area (Å²) >= 11 is 0. The molecule has 0 spiro atoms. The molecule has 0 saturated heterocycles. The van der Waals surface area contributed by atoms with Gasteiger partial charge in [0.25, 0.3) is 0 Å². The number of rotatable bonds is 0. The fraction of sp³-hybridized carbons (Fsp3) is 0.0833. The Labute approximate surface area is 86.5 Å². The summed E-state index contributed by atoms with van der Waals surface area (Å²) in [6.45, 7) is 0. The van der Waals surface area contributed by atoms with Crippen LogP contribution < -0.4 is 0 Å². The highest BCUT2D eigenvalue weighted by molar-refractivity contribution is 6.30. The van der Waals surface area contributed by atoms with Crippen molar-refractivity contribution in [2.75, 3.05) is 0 Å². The standard InChI is InChI=1S/C12H8N2O/c15-10-6-9-4-3-8-2-1-5-13-11(8)12(9)14-7-10/h1-5,7H,6H2. The minimum Gasteiger partial charge on any atom is -0.293 e. The molecular formula is C12H8N2O. The molecule has 1 aliphatic heterocycles. The number of benzene rings is 1. The van der Waals surface area contributed by atoms with E-state index in [0.717, 1.165) is 22.2 Å². The van der Waals surface area contributed by atoms with Crippen LogP contribution in [-0.2, 0) is 11.2 Å².